The Hall–Kier alpha value is -2.09. The molecule has 1 aliphatic rings. The van der Waals surface area contributed by atoms with E-state index < -0.39 is 10.0 Å². The van der Waals surface area contributed by atoms with Crippen molar-refractivity contribution in [1.82, 2.24) is 9.80 Å². The lowest BCUT2D eigenvalue weighted by Gasteiger charge is -2.35. The molecule has 0 atom stereocenters. The Morgan fingerprint density at radius 1 is 1.04 bits per heavy atom. The fourth-order valence-electron chi connectivity index (χ4n) is 3.09. The second-order valence-electron chi connectivity index (χ2n) is 6.61. The molecule has 1 heterocycles. The molecule has 2 aromatic carbocycles. The van der Waals surface area contributed by atoms with Crippen LogP contribution in [-0.4, -0.2) is 56.6 Å². The van der Waals surface area contributed by atoms with Crippen molar-refractivity contribution in [1.29, 1.82) is 0 Å². The minimum absolute atomic E-state index is 0.159. The van der Waals surface area contributed by atoms with Crippen molar-refractivity contribution in [2.45, 2.75) is 6.54 Å². The molecule has 1 amide bonds. The van der Waals surface area contributed by atoms with Gasteiger partial charge in [0.15, 0.2) is 0 Å². The summed E-state index contributed by atoms with van der Waals surface area (Å²) in [6.45, 7) is 3.52. The number of carbonyl (C=O) groups is 1. The van der Waals surface area contributed by atoms with Gasteiger partial charge in [0, 0.05) is 37.7 Å². The molecule has 8 heteroatoms. The number of halogens is 1. The first kappa shape index (κ1) is 19.7. The van der Waals surface area contributed by atoms with Crippen LogP contribution in [0.1, 0.15) is 15.9 Å². The Morgan fingerprint density at radius 2 is 1.67 bits per heavy atom. The zero-order valence-electron chi connectivity index (χ0n) is 15.1. The standard InChI is InChI=1S/C19H22ClN3O3S/c1-27(25,26)21-18-5-3-2-4-17(18)19(24)23-12-10-22(11-13-23)14-15-6-8-16(20)9-7-15/h2-9,21H,10-14H2,1H3. The lowest BCUT2D eigenvalue weighted by atomic mass is 10.1. The van der Waals surface area contributed by atoms with E-state index in [2.05, 4.69) is 9.62 Å². The van der Waals surface area contributed by atoms with Gasteiger partial charge >= 0.3 is 0 Å². The van der Waals surface area contributed by atoms with Gasteiger partial charge in [-0.15, -0.1) is 0 Å². The molecule has 1 aliphatic heterocycles. The largest absolute Gasteiger partial charge is 0.336 e. The third kappa shape index (κ3) is 5.45. The molecule has 0 bridgehead atoms. The summed E-state index contributed by atoms with van der Waals surface area (Å²) in [6.07, 6.45) is 1.07. The van der Waals surface area contributed by atoms with Crippen LogP contribution in [0.5, 0.6) is 0 Å². The highest BCUT2D eigenvalue weighted by atomic mass is 35.5. The van der Waals surface area contributed by atoms with E-state index in [1.165, 1.54) is 5.56 Å². The van der Waals surface area contributed by atoms with Gasteiger partial charge in [-0.1, -0.05) is 35.9 Å². The summed E-state index contributed by atoms with van der Waals surface area (Å²) in [5.74, 6) is -0.159. The fraction of sp³-hybridized carbons (Fsp3) is 0.316. The van der Waals surface area contributed by atoms with E-state index in [9.17, 15) is 13.2 Å². The highest BCUT2D eigenvalue weighted by molar-refractivity contribution is 7.92. The van der Waals surface area contributed by atoms with Gasteiger partial charge in [-0.3, -0.25) is 14.4 Å². The minimum Gasteiger partial charge on any atom is -0.336 e. The van der Waals surface area contributed by atoms with Crippen LogP contribution in [-0.2, 0) is 16.6 Å². The van der Waals surface area contributed by atoms with Crippen LogP contribution in [0.15, 0.2) is 48.5 Å². The second-order valence-corrected chi connectivity index (χ2v) is 8.80. The molecular weight excluding hydrogens is 386 g/mol. The van der Waals surface area contributed by atoms with E-state index in [1.54, 1.807) is 29.2 Å². The second kappa shape index (κ2) is 8.29. The Balaban J connectivity index is 1.63. The first-order valence-electron chi connectivity index (χ1n) is 8.65. The van der Waals surface area contributed by atoms with Gasteiger partial charge in [0.2, 0.25) is 10.0 Å². The normalized spacial score (nSPS) is 15.6. The number of para-hydroxylation sites is 1. The van der Waals surface area contributed by atoms with Gasteiger partial charge in [0.05, 0.1) is 17.5 Å². The van der Waals surface area contributed by atoms with Gasteiger partial charge in [-0.05, 0) is 29.8 Å². The first-order chi connectivity index (χ1) is 12.8. The van der Waals surface area contributed by atoms with Crippen molar-refractivity contribution >= 4 is 33.2 Å². The minimum atomic E-state index is -3.45. The lowest BCUT2D eigenvalue weighted by Crippen LogP contribution is -2.48. The molecule has 0 aromatic heterocycles. The third-order valence-corrected chi connectivity index (χ3v) is 5.27. The maximum Gasteiger partial charge on any atom is 0.256 e. The van der Waals surface area contributed by atoms with Crippen LogP contribution in [0.3, 0.4) is 0 Å². The molecule has 0 radical (unpaired) electrons. The van der Waals surface area contributed by atoms with Crippen LogP contribution in [0.2, 0.25) is 5.02 Å². The summed E-state index contributed by atoms with van der Waals surface area (Å²) in [5.41, 5.74) is 1.87. The molecule has 144 valence electrons. The number of amides is 1. The van der Waals surface area contributed by atoms with Crippen molar-refractivity contribution in [3.8, 4) is 0 Å². The zero-order chi connectivity index (χ0) is 19.4. The average Bonchev–Trinajstić information content (AvgIpc) is 2.63. The molecule has 0 saturated carbocycles. The van der Waals surface area contributed by atoms with E-state index in [0.717, 1.165) is 30.9 Å². The van der Waals surface area contributed by atoms with Crippen molar-refractivity contribution in [2.24, 2.45) is 0 Å². The van der Waals surface area contributed by atoms with Crippen LogP contribution in [0, 0.1) is 0 Å². The number of rotatable bonds is 5. The molecular formula is C19H22ClN3O3S. The van der Waals surface area contributed by atoms with Crippen molar-refractivity contribution in [3.63, 3.8) is 0 Å². The summed E-state index contributed by atoms with van der Waals surface area (Å²) in [6, 6.07) is 14.5. The molecule has 6 nitrogen and oxygen atoms in total. The molecule has 0 unspecified atom stereocenters. The lowest BCUT2D eigenvalue weighted by molar-refractivity contribution is 0.0629. The van der Waals surface area contributed by atoms with E-state index in [4.69, 9.17) is 11.6 Å². The molecule has 2 aromatic rings. The Bertz CT molecular complexity index is 908. The number of sulfonamides is 1. The number of piperazine rings is 1. The maximum absolute atomic E-state index is 12.9. The molecule has 1 N–H and O–H groups in total. The number of nitrogens with one attached hydrogen (secondary N) is 1. The summed E-state index contributed by atoms with van der Waals surface area (Å²) in [7, 11) is -3.45. The van der Waals surface area contributed by atoms with Gasteiger partial charge in [0.25, 0.3) is 5.91 Å². The molecule has 0 spiro atoms. The number of hydrogen-bond donors (Lipinski definition) is 1. The number of hydrogen-bond acceptors (Lipinski definition) is 4. The molecule has 1 fully saturated rings. The van der Waals surface area contributed by atoms with Gasteiger partial charge in [0.1, 0.15) is 0 Å². The SMILES string of the molecule is CS(=O)(=O)Nc1ccccc1C(=O)N1CCN(Cc2ccc(Cl)cc2)CC1. The fourth-order valence-corrected chi connectivity index (χ4v) is 3.79. The van der Waals surface area contributed by atoms with E-state index in [-0.39, 0.29) is 5.91 Å². The number of benzene rings is 2. The third-order valence-electron chi connectivity index (χ3n) is 4.43. The molecule has 0 aliphatic carbocycles. The Labute approximate surface area is 164 Å². The van der Waals surface area contributed by atoms with Crippen LogP contribution in [0.4, 0.5) is 5.69 Å². The first-order valence-corrected chi connectivity index (χ1v) is 10.9. The quantitative estimate of drug-likeness (QED) is 0.827. The van der Waals surface area contributed by atoms with Crippen LogP contribution >= 0.6 is 11.6 Å². The van der Waals surface area contributed by atoms with Gasteiger partial charge in [-0.2, -0.15) is 0 Å². The summed E-state index contributed by atoms with van der Waals surface area (Å²) >= 11 is 5.92. The van der Waals surface area contributed by atoms with Crippen LogP contribution < -0.4 is 4.72 Å². The van der Waals surface area contributed by atoms with Gasteiger partial charge in [-0.25, -0.2) is 8.42 Å². The van der Waals surface area contributed by atoms with Crippen molar-refractivity contribution in [2.75, 3.05) is 37.2 Å². The monoisotopic (exact) mass is 407 g/mol. The van der Waals surface area contributed by atoms with Crippen LogP contribution in [0.25, 0.3) is 0 Å². The molecule has 27 heavy (non-hydrogen) atoms. The number of nitrogens with zero attached hydrogens (tertiary/aromatic N) is 2. The van der Waals surface area contributed by atoms with E-state index >= 15 is 0 Å². The topological polar surface area (TPSA) is 69.7 Å². The number of anilines is 1. The van der Waals surface area contributed by atoms with E-state index in [0.29, 0.717) is 24.3 Å². The van der Waals surface area contributed by atoms with E-state index in [1.807, 2.05) is 24.3 Å². The Morgan fingerprint density at radius 3 is 2.30 bits per heavy atom. The highest BCUT2D eigenvalue weighted by Gasteiger charge is 2.24. The summed E-state index contributed by atoms with van der Waals surface area (Å²) in [4.78, 5) is 16.9. The molecule has 3 rings (SSSR count). The zero-order valence-corrected chi connectivity index (χ0v) is 16.6. The predicted molar refractivity (Wildman–Crippen MR) is 108 cm³/mol. The summed E-state index contributed by atoms with van der Waals surface area (Å²) < 4.78 is 25.5. The predicted octanol–water partition coefficient (Wildman–Crippen LogP) is 2.67. The smallest absolute Gasteiger partial charge is 0.256 e. The van der Waals surface area contributed by atoms with Crippen molar-refractivity contribution < 1.29 is 13.2 Å². The van der Waals surface area contributed by atoms with Gasteiger partial charge < -0.3 is 4.90 Å². The average molecular weight is 408 g/mol. The number of carbonyl (C=O) groups excluding carboxylic acids is 1. The maximum atomic E-state index is 12.9. The summed E-state index contributed by atoms with van der Waals surface area (Å²) in [5, 5.41) is 0.718. The van der Waals surface area contributed by atoms with Crippen molar-refractivity contribution in [3.05, 3.63) is 64.7 Å². The highest BCUT2D eigenvalue weighted by Crippen LogP contribution is 2.20. The Kier molecular flexibility index (Phi) is 6.04. The molecule has 1 saturated heterocycles.